The van der Waals surface area contributed by atoms with Crippen molar-refractivity contribution in [2.24, 2.45) is 0 Å². The molecule has 1 aromatic carbocycles. The van der Waals surface area contributed by atoms with E-state index in [1.165, 1.54) is 5.56 Å². The van der Waals surface area contributed by atoms with Crippen molar-refractivity contribution in [2.75, 3.05) is 27.2 Å². The third kappa shape index (κ3) is 5.46. The minimum atomic E-state index is -0.568. The van der Waals surface area contributed by atoms with Gasteiger partial charge in [-0.3, -0.25) is 14.7 Å². The highest BCUT2D eigenvalue weighted by Crippen LogP contribution is 2.23. The van der Waals surface area contributed by atoms with Crippen molar-refractivity contribution in [3.05, 3.63) is 35.9 Å². The van der Waals surface area contributed by atoms with E-state index >= 15 is 0 Å². The van der Waals surface area contributed by atoms with Crippen molar-refractivity contribution in [2.45, 2.75) is 51.7 Å². The van der Waals surface area contributed by atoms with Crippen LogP contribution in [0.5, 0.6) is 0 Å². The zero-order chi connectivity index (χ0) is 19.3. The summed E-state index contributed by atoms with van der Waals surface area (Å²) in [6.07, 6.45) is 1.85. The summed E-state index contributed by atoms with van der Waals surface area (Å²) in [5.74, 6) is -0.0470. The van der Waals surface area contributed by atoms with Gasteiger partial charge in [0.15, 0.2) is 0 Å². The lowest BCUT2D eigenvalue weighted by Crippen LogP contribution is -2.53. The highest BCUT2D eigenvalue weighted by atomic mass is 16.6. The van der Waals surface area contributed by atoms with Gasteiger partial charge >= 0.3 is 6.09 Å². The van der Waals surface area contributed by atoms with Gasteiger partial charge in [-0.2, -0.15) is 0 Å². The van der Waals surface area contributed by atoms with Gasteiger partial charge in [-0.05, 0) is 45.6 Å². The van der Waals surface area contributed by atoms with Crippen molar-refractivity contribution >= 4 is 12.0 Å². The lowest BCUT2D eigenvalue weighted by molar-refractivity contribution is -0.149. The molecule has 0 unspecified atom stereocenters. The number of hydrogen-bond acceptors (Lipinski definition) is 4. The molecule has 0 aliphatic carbocycles. The molecule has 0 saturated carbocycles. The molecule has 1 fully saturated rings. The fourth-order valence-corrected chi connectivity index (χ4v) is 3.12. The SMILES string of the molecule is CN(C)N(CCc1ccccc1)C(=O)[C@H]1CCCN1C(=O)OC(C)(C)C. The fraction of sp³-hybridized carbons (Fsp3) is 0.600. The van der Waals surface area contributed by atoms with E-state index in [4.69, 9.17) is 4.74 Å². The Kier molecular flexibility index (Phi) is 6.64. The largest absolute Gasteiger partial charge is 0.444 e. The van der Waals surface area contributed by atoms with Crippen LogP contribution >= 0.6 is 0 Å². The number of nitrogens with zero attached hydrogens (tertiary/aromatic N) is 3. The van der Waals surface area contributed by atoms with E-state index < -0.39 is 17.7 Å². The summed E-state index contributed by atoms with van der Waals surface area (Å²) in [5, 5.41) is 3.53. The number of carbonyl (C=O) groups is 2. The van der Waals surface area contributed by atoms with Crippen molar-refractivity contribution in [3.63, 3.8) is 0 Å². The lowest BCUT2D eigenvalue weighted by Gasteiger charge is -2.34. The topological polar surface area (TPSA) is 53.1 Å². The Morgan fingerprint density at radius 1 is 1.19 bits per heavy atom. The van der Waals surface area contributed by atoms with Crippen LogP contribution in [0.1, 0.15) is 39.2 Å². The van der Waals surface area contributed by atoms with E-state index in [0.29, 0.717) is 19.5 Å². The number of rotatable bonds is 5. The van der Waals surface area contributed by atoms with Crippen LogP contribution in [0, 0.1) is 0 Å². The summed E-state index contributed by atoms with van der Waals surface area (Å²) >= 11 is 0. The second-order valence-electron chi connectivity index (χ2n) is 7.88. The van der Waals surface area contributed by atoms with Crippen LogP contribution in [0.25, 0.3) is 0 Å². The molecule has 1 saturated heterocycles. The van der Waals surface area contributed by atoms with E-state index in [1.54, 1.807) is 14.9 Å². The van der Waals surface area contributed by atoms with E-state index in [-0.39, 0.29) is 5.91 Å². The van der Waals surface area contributed by atoms with Crippen LogP contribution in [-0.4, -0.2) is 65.7 Å². The first-order valence-electron chi connectivity index (χ1n) is 9.21. The molecule has 2 amide bonds. The van der Waals surface area contributed by atoms with Gasteiger partial charge in [0.05, 0.1) is 0 Å². The van der Waals surface area contributed by atoms with Gasteiger partial charge in [-0.25, -0.2) is 9.80 Å². The van der Waals surface area contributed by atoms with Crippen LogP contribution in [0.2, 0.25) is 0 Å². The Morgan fingerprint density at radius 3 is 2.42 bits per heavy atom. The highest BCUT2D eigenvalue weighted by molar-refractivity contribution is 5.86. The first kappa shape index (κ1) is 20.2. The number of hydrogen-bond donors (Lipinski definition) is 0. The predicted molar refractivity (Wildman–Crippen MR) is 102 cm³/mol. The van der Waals surface area contributed by atoms with Gasteiger partial charge in [-0.15, -0.1) is 0 Å². The number of hydrazine groups is 1. The van der Waals surface area contributed by atoms with Crippen molar-refractivity contribution < 1.29 is 14.3 Å². The molecule has 2 rings (SSSR count). The van der Waals surface area contributed by atoms with Gasteiger partial charge in [0.2, 0.25) is 0 Å². The summed E-state index contributed by atoms with van der Waals surface area (Å²) < 4.78 is 5.47. The maximum atomic E-state index is 13.1. The molecule has 0 spiro atoms. The quantitative estimate of drug-likeness (QED) is 0.757. The predicted octanol–water partition coefficient (Wildman–Crippen LogP) is 2.93. The van der Waals surface area contributed by atoms with Gasteiger partial charge in [0, 0.05) is 27.2 Å². The molecule has 144 valence electrons. The van der Waals surface area contributed by atoms with Crippen molar-refractivity contribution in [1.29, 1.82) is 0 Å². The Labute approximate surface area is 156 Å². The standard InChI is InChI=1S/C20H31N3O3/c1-20(2,3)26-19(25)22-14-9-12-17(22)18(24)23(21(4)5)15-13-16-10-7-6-8-11-16/h6-8,10-11,17H,9,12-15H2,1-5H3/t17-/m1/s1. The van der Waals surface area contributed by atoms with Crippen LogP contribution in [0.3, 0.4) is 0 Å². The molecular weight excluding hydrogens is 330 g/mol. The molecule has 1 aliphatic rings. The molecule has 1 aliphatic heterocycles. The van der Waals surface area contributed by atoms with Crippen LogP contribution in [0.15, 0.2) is 30.3 Å². The number of amides is 2. The molecule has 0 radical (unpaired) electrons. The zero-order valence-electron chi connectivity index (χ0n) is 16.6. The average Bonchev–Trinajstić information content (AvgIpc) is 3.03. The Hall–Kier alpha value is -2.08. The monoisotopic (exact) mass is 361 g/mol. The molecule has 6 heteroatoms. The first-order valence-corrected chi connectivity index (χ1v) is 9.21. The number of carbonyl (C=O) groups excluding carboxylic acids is 2. The maximum absolute atomic E-state index is 13.1. The Balaban J connectivity index is 2.05. The Morgan fingerprint density at radius 2 is 1.85 bits per heavy atom. The van der Waals surface area contributed by atoms with E-state index in [1.807, 2.05) is 53.1 Å². The first-order chi connectivity index (χ1) is 12.2. The fourth-order valence-electron chi connectivity index (χ4n) is 3.12. The van der Waals surface area contributed by atoms with Gasteiger partial charge in [0.25, 0.3) is 5.91 Å². The second kappa shape index (κ2) is 8.54. The lowest BCUT2D eigenvalue weighted by atomic mass is 10.1. The molecular formula is C20H31N3O3. The third-order valence-corrected chi connectivity index (χ3v) is 4.36. The number of ether oxygens (including phenoxy) is 1. The number of benzene rings is 1. The van der Waals surface area contributed by atoms with E-state index in [2.05, 4.69) is 12.1 Å². The average molecular weight is 361 g/mol. The molecule has 6 nitrogen and oxygen atoms in total. The van der Waals surface area contributed by atoms with Crippen LogP contribution < -0.4 is 0 Å². The molecule has 26 heavy (non-hydrogen) atoms. The third-order valence-electron chi connectivity index (χ3n) is 4.36. The van der Waals surface area contributed by atoms with Crippen molar-refractivity contribution in [1.82, 2.24) is 14.9 Å². The van der Waals surface area contributed by atoms with Crippen LogP contribution in [-0.2, 0) is 16.0 Å². The maximum Gasteiger partial charge on any atom is 0.410 e. The molecule has 0 aromatic heterocycles. The molecule has 0 bridgehead atoms. The van der Waals surface area contributed by atoms with E-state index in [0.717, 1.165) is 12.8 Å². The normalized spacial score (nSPS) is 17.5. The summed E-state index contributed by atoms with van der Waals surface area (Å²) in [6.45, 7) is 6.65. The molecule has 1 atom stereocenters. The molecule has 1 aromatic rings. The second-order valence-corrected chi connectivity index (χ2v) is 7.88. The summed E-state index contributed by atoms with van der Waals surface area (Å²) in [7, 11) is 3.71. The summed E-state index contributed by atoms with van der Waals surface area (Å²) in [4.78, 5) is 27.2. The summed E-state index contributed by atoms with van der Waals surface area (Å²) in [6, 6.07) is 9.64. The molecule has 1 heterocycles. The van der Waals surface area contributed by atoms with Gasteiger partial charge in [0.1, 0.15) is 11.6 Å². The minimum absolute atomic E-state index is 0.0470. The van der Waals surface area contributed by atoms with Crippen molar-refractivity contribution in [3.8, 4) is 0 Å². The number of likely N-dealkylation sites (tertiary alicyclic amines) is 1. The smallest absolute Gasteiger partial charge is 0.410 e. The minimum Gasteiger partial charge on any atom is -0.444 e. The zero-order valence-corrected chi connectivity index (χ0v) is 16.6. The van der Waals surface area contributed by atoms with Crippen LogP contribution in [0.4, 0.5) is 4.79 Å². The van der Waals surface area contributed by atoms with E-state index in [9.17, 15) is 9.59 Å². The Bertz CT molecular complexity index is 610. The summed E-state index contributed by atoms with van der Waals surface area (Å²) in [5.41, 5.74) is 0.615. The van der Waals surface area contributed by atoms with Gasteiger partial charge < -0.3 is 4.74 Å². The van der Waals surface area contributed by atoms with Gasteiger partial charge in [-0.1, -0.05) is 30.3 Å². The highest BCUT2D eigenvalue weighted by Gasteiger charge is 2.39. The molecule has 0 N–H and O–H groups in total.